The van der Waals surface area contributed by atoms with Crippen molar-refractivity contribution in [3.8, 4) is 0 Å². The van der Waals surface area contributed by atoms with Crippen molar-refractivity contribution >= 4 is 21.7 Å². The van der Waals surface area contributed by atoms with Gasteiger partial charge in [-0.05, 0) is 32.9 Å². The predicted octanol–water partition coefficient (Wildman–Crippen LogP) is 1.62. The molecule has 100 valence electrons. The molecule has 0 fully saturated rings. The number of hydrogen-bond donors (Lipinski definition) is 1. The molecule has 0 aliphatic carbocycles. The van der Waals surface area contributed by atoms with Crippen LogP contribution in [0.1, 0.15) is 19.4 Å². The van der Waals surface area contributed by atoms with Crippen LogP contribution in [0.15, 0.2) is 24.3 Å². The van der Waals surface area contributed by atoms with Gasteiger partial charge in [0.1, 0.15) is 6.04 Å². The largest absolute Gasteiger partial charge is 0.480 e. The number of carboxylic acid groups (broad SMARTS) is 1. The highest BCUT2D eigenvalue weighted by Gasteiger charge is 2.30. The molecule has 5 nitrogen and oxygen atoms in total. The maximum absolute atomic E-state index is 12.0. The molecule has 1 aromatic carbocycles. The summed E-state index contributed by atoms with van der Waals surface area (Å²) in [7, 11) is -3.62. The summed E-state index contributed by atoms with van der Waals surface area (Å²) in [6.07, 6.45) is 0. The van der Waals surface area contributed by atoms with Gasteiger partial charge in [-0.2, -0.15) is 0 Å². The Morgan fingerprint density at radius 1 is 1.33 bits per heavy atom. The van der Waals surface area contributed by atoms with Crippen LogP contribution in [0.5, 0.6) is 0 Å². The first-order valence-electron chi connectivity index (χ1n) is 5.61. The molecule has 0 bridgehead atoms. The number of benzene rings is 1. The number of hydrogen-bond acceptors (Lipinski definition) is 3. The van der Waals surface area contributed by atoms with E-state index in [2.05, 4.69) is 0 Å². The fourth-order valence-electron chi connectivity index (χ4n) is 1.56. The lowest BCUT2D eigenvalue weighted by Gasteiger charge is -2.27. The lowest BCUT2D eigenvalue weighted by atomic mass is 10.2. The summed E-state index contributed by atoms with van der Waals surface area (Å²) in [4.78, 5) is 11.0. The van der Waals surface area contributed by atoms with Gasteiger partial charge in [0.05, 0.1) is 11.4 Å². The van der Waals surface area contributed by atoms with Crippen molar-refractivity contribution < 1.29 is 18.3 Å². The number of nitrogens with zero attached hydrogens (tertiary/aromatic N) is 1. The van der Waals surface area contributed by atoms with Gasteiger partial charge in [0.15, 0.2) is 0 Å². The Kier molecular flexibility index (Phi) is 4.34. The van der Waals surface area contributed by atoms with Crippen molar-refractivity contribution in [3.05, 3.63) is 29.8 Å². The Bertz CT molecular complexity index is 522. The third-order valence-electron chi connectivity index (χ3n) is 2.66. The van der Waals surface area contributed by atoms with E-state index in [-0.39, 0.29) is 5.75 Å². The third kappa shape index (κ3) is 3.01. The number of sulfonamides is 1. The van der Waals surface area contributed by atoms with Crippen molar-refractivity contribution in [3.63, 3.8) is 0 Å². The molecule has 0 saturated carbocycles. The molecule has 1 rings (SSSR count). The van der Waals surface area contributed by atoms with E-state index in [1.165, 1.54) is 13.8 Å². The molecule has 0 spiro atoms. The van der Waals surface area contributed by atoms with Crippen LogP contribution in [-0.4, -0.2) is 31.3 Å². The van der Waals surface area contributed by atoms with Crippen molar-refractivity contribution in [2.75, 3.05) is 10.1 Å². The molecule has 1 unspecified atom stereocenters. The minimum atomic E-state index is -3.62. The third-order valence-corrected chi connectivity index (χ3v) is 4.52. The van der Waals surface area contributed by atoms with E-state index in [0.717, 1.165) is 9.87 Å². The molecule has 0 saturated heterocycles. The molecule has 0 aliphatic heterocycles. The van der Waals surface area contributed by atoms with Crippen molar-refractivity contribution in [1.82, 2.24) is 0 Å². The summed E-state index contributed by atoms with van der Waals surface area (Å²) >= 11 is 0. The minimum absolute atomic E-state index is 0.140. The van der Waals surface area contributed by atoms with E-state index in [1.54, 1.807) is 24.3 Å². The SMILES string of the molecule is CCS(=O)(=O)N(c1ccc(C)cc1)C(C)C(=O)O. The Morgan fingerprint density at radius 2 is 1.83 bits per heavy atom. The molecule has 18 heavy (non-hydrogen) atoms. The topological polar surface area (TPSA) is 74.7 Å². The quantitative estimate of drug-likeness (QED) is 0.883. The fourth-order valence-corrected chi connectivity index (χ4v) is 2.85. The van der Waals surface area contributed by atoms with Crippen molar-refractivity contribution in [2.24, 2.45) is 0 Å². The van der Waals surface area contributed by atoms with Crippen LogP contribution in [0, 0.1) is 6.92 Å². The highest BCUT2D eigenvalue weighted by Crippen LogP contribution is 2.22. The zero-order chi connectivity index (χ0) is 13.9. The Hall–Kier alpha value is -1.56. The summed E-state index contributed by atoms with van der Waals surface area (Å²) in [6, 6.07) is 5.60. The summed E-state index contributed by atoms with van der Waals surface area (Å²) in [5, 5.41) is 9.02. The van der Waals surface area contributed by atoms with Gasteiger partial charge in [-0.3, -0.25) is 4.31 Å². The number of aliphatic carboxylic acids is 1. The van der Waals surface area contributed by atoms with Crippen LogP contribution in [0.3, 0.4) is 0 Å². The second-order valence-corrected chi connectivity index (χ2v) is 6.18. The van der Waals surface area contributed by atoms with E-state index in [0.29, 0.717) is 5.69 Å². The van der Waals surface area contributed by atoms with Gasteiger partial charge in [-0.25, -0.2) is 13.2 Å². The van der Waals surface area contributed by atoms with Crippen molar-refractivity contribution in [1.29, 1.82) is 0 Å². The smallest absolute Gasteiger partial charge is 0.327 e. The van der Waals surface area contributed by atoms with E-state index in [1.807, 2.05) is 6.92 Å². The Labute approximate surface area is 107 Å². The van der Waals surface area contributed by atoms with E-state index < -0.39 is 22.0 Å². The lowest BCUT2D eigenvalue weighted by Crippen LogP contribution is -2.44. The minimum Gasteiger partial charge on any atom is -0.480 e. The first-order chi connectivity index (χ1) is 8.29. The van der Waals surface area contributed by atoms with Gasteiger partial charge in [-0.15, -0.1) is 0 Å². The standard InChI is InChI=1S/C12H17NO4S/c1-4-18(16,17)13(10(3)12(14)15)11-7-5-9(2)6-8-11/h5-8,10H,4H2,1-3H3,(H,14,15). The van der Waals surface area contributed by atoms with Crippen LogP contribution in [0.2, 0.25) is 0 Å². The number of rotatable bonds is 5. The second-order valence-electron chi connectivity index (χ2n) is 4.05. The van der Waals surface area contributed by atoms with Crippen LogP contribution in [0.4, 0.5) is 5.69 Å². The van der Waals surface area contributed by atoms with Gasteiger partial charge < -0.3 is 5.11 Å². The summed E-state index contributed by atoms with van der Waals surface area (Å²) in [5.41, 5.74) is 1.35. The first kappa shape index (κ1) is 14.5. The van der Waals surface area contributed by atoms with Gasteiger partial charge >= 0.3 is 5.97 Å². The highest BCUT2D eigenvalue weighted by molar-refractivity contribution is 7.92. The molecular formula is C12H17NO4S. The summed E-state index contributed by atoms with van der Waals surface area (Å²) in [5.74, 6) is -1.31. The number of carbonyl (C=O) groups is 1. The average Bonchev–Trinajstić information content (AvgIpc) is 2.31. The lowest BCUT2D eigenvalue weighted by molar-refractivity contribution is -0.137. The van der Waals surface area contributed by atoms with E-state index in [9.17, 15) is 13.2 Å². The predicted molar refractivity (Wildman–Crippen MR) is 70.2 cm³/mol. The van der Waals surface area contributed by atoms with Gasteiger partial charge in [0.25, 0.3) is 0 Å². The van der Waals surface area contributed by atoms with E-state index >= 15 is 0 Å². The van der Waals surface area contributed by atoms with E-state index in [4.69, 9.17) is 5.11 Å². The fraction of sp³-hybridized carbons (Fsp3) is 0.417. The Morgan fingerprint density at radius 3 is 2.22 bits per heavy atom. The van der Waals surface area contributed by atoms with Crippen LogP contribution < -0.4 is 4.31 Å². The molecule has 6 heteroatoms. The Balaban J connectivity index is 3.29. The molecule has 0 aliphatic rings. The van der Waals surface area contributed by atoms with Gasteiger partial charge in [-0.1, -0.05) is 17.7 Å². The first-order valence-corrected chi connectivity index (χ1v) is 7.22. The molecule has 1 atom stereocenters. The van der Waals surface area contributed by atoms with Crippen LogP contribution in [0.25, 0.3) is 0 Å². The van der Waals surface area contributed by atoms with Crippen molar-refractivity contribution in [2.45, 2.75) is 26.8 Å². The van der Waals surface area contributed by atoms with Crippen LogP contribution in [-0.2, 0) is 14.8 Å². The highest BCUT2D eigenvalue weighted by atomic mass is 32.2. The zero-order valence-corrected chi connectivity index (χ0v) is 11.4. The number of anilines is 1. The molecule has 0 radical (unpaired) electrons. The summed E-state index contributed by atoms with van der Waals surface area (Å²) < 4.78 is 24.9. The molecule has 0 heterocycles. The molecule has 1 aromatic rings. The summed E-state index contributed by atoms with van der Waals surface area (Å²) in [6.45, 7) is 4.73. The monoisotopic (exact) mass is 271 g/mol. The maximum Gasteiger partial charge on any atom is 0.327 e. The second kappa shape index (κ2) is 5.39. The maximum atomic E-state index is 12.0. The van der Waals surface area contributed by atoms with Gasteiger partial charge in [0, 0.05) is 0 Å². The average molecular weight is 271 g/mol. The molecule has 0 amide bonds. The molecule has 0 aromatic heterocycles. The zero-order valence-electron chi connectivity index (χ0n) is 10.6. The van der Waals surface area contributed by atoms with Crippen LogP contribution >= 0.6 is 0 Å². The molecular weight excluding hydrogens is 254 g/mol. The molecule has 1 N–H and O–H groups in total. The number of carboxylic acids is 1. The normalized spacial score (nSPS) is 13.1. The number of aryl methyl sites for hydroxylation is 1. The van der Waals surface area contributed by atoms with Gasteiger partial charge in [0.2, 0.25) is 10.0 Å².